The van der Waals surface area contributed by atoms with Crippen LogP contribution in [0.25, 0.3) is 0 Å². The van der Waals surface area contributed by atoms with Crippen molar-refractivity contribution in [3.05, 3.63) is 28.3 Å². The molecule has 94 valence electrons. The SMILES string of the molecule is CSCC(C)CNc1ccc([N+](=O)[O-])c(N)c1. The lowest BCUT2D eigenvalue weighted by molar-refractivity contribution is -0.383. The fourth-order valence-corrected chi connectivity index (χ4v) is 2.15. The van der Waals surface area contributed by atoms with E-state index < -0.39 is 4.92 Å². The Morgan fingerprint density at radius 1 is 1.59 bits per heavy atom. The molecule has 0 spiro atoms. The second-order valence-electron chi connectivity index (χ2n) is 3.97. The van der Waals surface area contributed by atoms with Gasteiger partial charge in [-0.2, -0.15) is 11.8 Å². The van der Waals surface area contributed by atoms with Crippen molar-refractivity contribution in [2.75, 3.05) is 29.6 Å². The number of anilines is 2. The lowest BCUT2D eigenvalue weighted by Crippen LogP contribution is -2.13. The standard InChI is InChI=1S/C11H17N3O2S/c1-8(7-17-2)6-13-9-3-4-11(14(15)16)10(12)5-9/h3-5,8,13H,6-7,12H2,1-2H3. The number of nitrogens with zero attached hydrogens (tertiary/aromatic N) is 1. The molecule has 6 heteroatoms. The highest BCUT2D eigenvalue weighted by Gasteiger charge is 2.11. The molecular weight excluding hydrogens is 238 g/mol. The lowest BCUT2D eigenvalue weighted by Gasteiger charge is -2.12. The molecule has 0 aliphatic heterocycles. The Hall–Kier alpha value is -1.43. The first-order chi connectivity index (χ1) is 8.04. The summed E-state index contributed by atoms with van der Waals surface area (Å²) in [6.45, 7) is 2.98. The van der Waals surface area contributed by atoms with E-state index in [2.05, 4.69) is 18.5 Å². The minimum atomic E-state index is -0.477. The monoisotopic (exact) mass is 255 g/mol. The summed E-state index contributed by atoms with van der Waals surface area (Å²) < 4.78 is 0. The third-order valence-corrected chi connectivity index (χ3v) is 3.23. The molecule has 0 saturated carbocycles. The predicted molar refractivity (Wildman–Crippen MR) is 73.5 cm³/mol. The van der Waals surface area contributed by atoms with Crippen LogP contribution in [0.3, 0.4) is 0 Å². The van der Waals surface area contributed by atoms with Crippen LogP contribution in [0.15, 0.2) is 18.2 Å². The molecule has 0 amide bonds. The van der Waals surface area contributed by atoms with Crippen molar-refractivity contribution >= 4 is 28.8 Å². The molecular formula is C11H17N3O2S. The van der Waals surface area contributed by atoms with Gasteiger partial charge < -0.3 is 11.1 Å². The molecule has 0 aliphatic rings. The van der Waals surface area contributed by atoms with Gasteiger partial charge in [-0.15, -0.1) is 0 Å². The number of thioether (sulfide) groups is 1. The van der Waals surface area contributed by atoms with Gasteiger partial charge in [0.2, 0.25) is 0 Å². The summed E-state index contributed by atoms with van der Waals surface area (Å²) in [7, 11) is 0. The van der Waals surface area contributed by atoms with Crippen LogP contribution in [0.5, 0.6) is 0 Å². The number of nitro benzene ring substituents is 1. The van der Waals surface area contributed by atoms with E-state index in [1.54, 1.807) is 23.9 Å². The first-order valence-corrected chi connectivity index (χ1v) is 6.70. The molecule has 0 aliphatic carbocycles. The molecule has 0 bridgehead atoms. The minimum Gasteiger partial charge on any atom is -0.393 e. The third-order valence-electron chi connectivity index (χ3n) is 2.33. The zero-order valence-corrected chi connectivity index (χ0v) is 10.8. The Bertz CT molecular complexity index is 398. The van der Waals surface area contributed by atoms with Crippen molar-refractivity contribution in [1.29, 1.82) is 0 Å². The minimum absolute atomic E-state index is 0.0484. The normalized spacial score (nSPS) is 12.1. The highest BCUT2D eigenvalue weighted by atomic mass is 32.2. The molecule has 5 nitrogen and oxygen atoms in total. The Morgan fingerprint density at radius 2 is 2.29 bits per heavy atom. The maximum absolute atomic E-state index is 10.6. The van der Waals surface area contributed by atoms with Crippen molar-refractivity contribution in [3.8, 4) is 0 Å². The molecule has 3 N–H and O–H groups in total. The zero-order valence-electron chi connectivity index (χ0n) is 9.97. The van der Waals surface area contributed by atoms with Crippen molar-refractivity contribution in [1.82, 2.24) is 0 Å². The fraction of sp³-hybridized carbons (Fsp3) is 0.455. The van der Waals surface area contributed by atoms with Crippen molar-refractivity contribution in [2.45, 2.75) is 6.92 Å². The first-order valence-electron chi connectivity index (χ1n) is 5.31. The second-order valence-corrected chi connectivity index (χ2v) is 4.88. The van der Waals surface area contributed by atoms with Gasteiger partial charge in [0.1, 0.15) is 5.69 Å². The van der Waals surface area contributed by atoms with Crippen LogP contribution < -0.4 is 11.1 Å². The van der Waals surface area contributed by atoms with E-state index in [0.717, 1.165) is 18.0 Å². The average Bonchev–Trinajstić information content (AvgIpc) is 2.26. The topological polar surface area (TPSA) is 81.2 Å². The van der Waals surface area contributed by atoms with E-state index in [0.29, 0.717) is 5.92 Å². The van der Waals surface area contributed by atoms with Gasteiger partial charge in [-0.05, 0) is 30.1 Å². The largest absolute Gasteiger partial charge is 0.393 e. The van der Waals surface area contributed by atoms with Crippen LogP contribution in [0.1, 0.15) is 6.92 Å². The van der Waals surface area contributed by atoms with Crippen LogP contribution >= 0.6 is 11.8 Å². The fourth-order valence-electron chi connectivity index (χ4n) is 1.47. The maximum atomic E-state index is 10.6. The quantitative estimate of drug-likeness (QED) is 0.464. The number of hydrogen-bond acceptors (Lipinski definition) is 5. The number of nitrogen functional groups attached to an aromatic ring is 1. The molecule has 1 rings (SSSR count). The van der Waals surface area contributed by atoms with Crippen LogP contribution in [-0.4, -0.2) is 23.5 Å². The van der Waals surface area contributed by atoms with Gasteiger partial charge in [-0.3, -0.25) is 10.1 Å². The highest BCUT2D eigenvalue weighted by Crippen LogP contribution is 2.24. The van der Waals surface area contributed by atoms with Crippen LogP contribution in [0.4, 0.5) is 17.1 Å². The summed E-state index contributed by atoms with van der Waals surface area (Å²) >= 11 is 1.80. The molecule has 0 heterocycles. The van der Waals surface area contributed by atoms with Crippen molar-refractivity contribution in [3.63, 3.8) is 0 Å². The average molecular weight is 255 g/mol. The molecule has 0 radical (unpaired) electrons. The van der Waals surface area contributed by atoms with E-state index in [1.807, 2.05) is 0 Å². The number of benzene rings is 1. The van der Waals surface area contributed by atoms with Crippen LogP contribution in [0.2, 0.25) is 0 Å². The first kappa shape index (κ1) is 13.6. The van der Waals surface area contributed by atoms with Crippen LogP contribution in [0, 0.1) is 16.0 Å². The lowest BCUT2D eigenvalue weighted by atomic mass is 10.2. The van der Waals surface area contributed by atoms with Crippen molar-refractivity contribution in [2.24, 2.45) is 5.92 Å². The number of nitrogens with two attached hydrogens (primary N) is 1. The summed E-state index contributed by atoms with van der Waals surface area (Å²) in [5, 5.41) is 13.8. The van der Waals surface area contributed by atoms with E-state index in [4.69, 9.17) is 5.73 Å². The predicted octanol–water partition coefficient (Wildman–Crippen LogP) is 2.59. The van der Waals surface area contributed by atoms with Gasteiger partial charge in [0.05, 0.1) is 4.92 Å². The summed E-state index contributed by atoms with van der Waals surface area (Å²) in [5.74, 6) is 1.62. The molecule has 1 aromatic carbocycles. The molecule has 1 atom stereocenters. The summed E-state index contributed by atoms with van der Waals surface area (Å²) in [5.41, 5.74) is 6.57. The molecule has 0 aromatic heterocycles. The number of nitrogens with one attached hydrogen (secondary N) is 1. The number of nitro groups is 1. The van der Waals surface area contributed by atoms with Crippen LogP contribution in [-0.2, 0) is 0 Å². The van der Waals surface area contributed by atoms with E-state index in [9.17, 15) is 10.1 Å². The Kier molecular flexibility index (Phi) is 5.09. The summed E-state index contributed by atoms with van der Waals surface area (Å²) in [4.78, 5) is 10.1. The highest BCUT2D eigenvalue weighted by molar-refractivity contribution is 7.98. The van der Waals surface area contributed by atoms with Gasteiger partial charge in [-0.25, -0.2) is 0 Å². The maximum Gasteiger partial charge on any atom is 0.292 e. The second kappa shape index (κ2) is 6.34. The molecule has 1 unspecified atom stereocenters. The van der Waals surface area contributed by atoms with E-state index in [1.165, 1.54) is 6.07 Å². The Labute approximate surface area is 105 Å². The molecule has 1 aromatic rings. The molecule has 0 saturated heterocycles. The van der Waals surface area contributed by atoms with Gasteiger partial charge >= 0.3 is 0 Å². The van der Waals surface area contributed by atoms with E-state index in [-0.39, 0.29) is 11.4 Å². The smallest absolute Gasteiger partial charge is 0.292 e. The Morgan fingerprint density at radius 3 is 2.82 bits per heavy atom. The molecule has 17 heavy (non-hydrogen) atoms. The van der Waals surface area contributed by atoms with Crippen molar-refractivity contribution < 1.29 is 4.92 Å². The number of hydrogen-bond donors (Lipinski definition) is 2. The zero-order chi connectivity index (χ0) is 12.8. The van der Waals surface area contributed by atoms with Gasteiger partial charge in [0, 0.05) is 18.3 Å². The molecule has 0 fully saturated rings. The summed E-state index contributed by atoms with van der Waals surface area (Å²) in [6.07, 6.45) is 2.07. The third kappa shape index (κ3) is 4.14. The van der Waals surface area contributed by atoms with Gasteiger partial charge in [0.15, 0.2) is 0 Å². The van der Waals surface area contributed by atoms with Gasteiger partial charge in [-0.1, -0.05) is 6.92 Å². The summed E-state index contributed by atoms with van der Waals surface area (Å²) in [6, 6.07) is 4.71. The van der Waals surface area contributed by atoms with Gasteiger partial charge in [0.25, 0.3) is 5.69 Å². The van der Waals surface area contributed by atoms with E-state index >= 15 is 0 Å². The Balaban J connectivity index is 2.62. The number of rotatable bonds is 6.